The molecule has 2 nitrogen and oxygen atoms in total. The van der Waals surface area contributed by atoms with Gasteiger partial charge in [-0.25, -0.2) is 0 Å². The van der Waals surface area contributed by atoms with Crippen LogP contribution in [-0.2, 0) is 0 Å². The van der Waals surface area contributed by atoms with Crippen molar-refractivity contribution < 1.29 is 0 Å². The first-order chi connectivity index (χ1) is 6.77. The van der Waals surface area contributed by atoms with Crippen molar-refractivity contribution in [1.82, 2.24) is 9.80 Å². The van der Waals surface area contributed by atoms with Gasteiger partial charge in [-0.3, -0.25) is 4.90 Å². The second-order valence-corrected chi connectivity index (χ2v) is 4.46. The van der Waals surface area contributed by atoms with Gasteiger partial charge in [0.15, 0.2) is 0 Å². The van der Waals surface area contributed by atoms with Crippen LogP contribution in [0.2, 0.25) is 0 Å². The molecule has 0 aromatic rings. The predicted molar refractivity (Wildman–Crippen MR) is 62.7 cm³/mol. The normalized spacial score (nSPS) is 22.5. The molecule has 1 rings (SSSR count). The fourth-order valence-corrected chi connectivity index (χ4v) is 2.20. The minimum absolute atomic E-state index is 0.800. The minimum atomic E-state index is 0.800. The molecule has 1 heterocycles. The summed E-state index contributed by atoms with van der Waals surface area (Å²) < 4.78 is 0. The molecule has 1 aliphatic heterocycles. The first kappa shape index (κ1) is 12.0. The lowest BCUT2D eigenvalue weighted by atomic mass is 10.1. The van der Waals surface area contributed by atoms with Gasteiger partial charge in [-0.15, -0.1) is 0 Å². The highest BCUT2D eigenvalue weighted by Crippen LogP contribution is 2.11. The number of likely N-dealkylation sites (N-methyl/N-ethyl adjacent to an activating group) is 1. The molecule has 0 aromatic heterocycles. The summed E-state index contributed by atoms with van der Waals surface area (Å²) in [5.74, 6) is 0. The Morgan fingerprint density at radius 3 is 2.21 bits per heavy atom. The minimum Gasteiger partial charge on any atom is -0.301 e. The molecule has 1 fully saturated rings. The third-order valence-corrected chi connectivity index (χ3v) is 3.45. The van der Waals surface area contributed by atoms with E-state index in [4.69, 9.17) is 0 Å². The van der Waals surface area contributed by atoms with E-state index in [9.17, 15) is 0 Å². The summed E-state index contributed by atoms with van der Waals surface area (Å²) in [5.41, 5.74) is 0. The zero-order valence-corrected chi connectivity index (χ0v) is 10.1. The highest BCUT2D eigenvalue weighted by molar-refractivity contribution is 4.75. The second-order valence-electron chi connectivity index (χ2n) is 4.46. The van der Waals surface area contributed by atoms with Crippen molar-refractivity contribution in [3.8, 4) is 0 Å². The zero-order chi connectivity index (χ0) is 10.4. The van der Waals surface area contributed by atoms with Crippen LogP contribution in [0.3, 0.4) is 0 Å². The fraction of sp³-hybridized carbons (Fsp3) is 1.00. The Balaban J connectivity index is 2.19. The standard InChI is InChI=1S/C12H26N2/c1-4-6-7-12(3)14-10-8-13(5-2)9-11-14/h12H,4-11H2,1-3H3. The van der Waals surface area contributed by atoms with Crippen LogP contribution >= 0.6 is 0 Å². The SMILES string of the molecule is CCCCC(C)N1CCN(CC)CC1. The van der Waals surface area contributed by atoms with Gasteiger partial charge in [-0.2, -0.15) is 0 Å². The van der Waals surface area contributed by atoms with Gasteiger partial charge in [0.2, 0.25) is 0 Å². The fourth-order valence-electron chi connectivity index (χ4n) is 2.20. The van der Waals surface area contributed by atoms with Gasteiger partial charge >= 0.3 is 0 Å². The Morgan fingerprint density at radius 1 is 1.07 bits per heavy atom. The number of nitrogens with zero attached hydrogens (tertiary/aromatic N) is 2. The van der Waals surface area contributed by atoms with E-state index in [2.05, 4.69) is 30.6 Å². The molecule has 0 N–H and O–H groups in total. The van der Waals surface area contributed by atoms with Gasteiger partial charge in [0.25, 0.3) is 0 Å². The summed E-state index contributed by atoms with van der Waals surface area (Å²) in [4.78, 5) is 5.20. The monoisotopic (exact) mass is 198 g/mol. The largest absolute Gasteiger partial charge is 0.301 e. The van der Waals surface area contributed by atoms with E-state index in [1.807, 2.05) is 0 Å². The molecule has 2 heteroatoms. The van der Waals surface area contributed by atoms with Crippen molar-refractivity contribution in [2.24, 2.45) is 0 Å². The lowest BCUT2D eigenvalue weighted by molar-refractivity contribution is 0.101. The Labute approximate surface area is 89.3 Å². The molecule has 1 aliphatic rings. The van der Waals surface area contributed by atoms with E-state index in [0.29, 0.717) is 0 Å². The van der Waals surface area contributed by atoms with Crippen LogP contribution in [0.5, 0.6) is 0 Å². The Kier molecular flexibility index (Phi) is 5.49. The van der Waals surface area contributed by atoms with Gasteiger partial charge in [-0.1, -0.05) is 26.7 Å². The summed E-state index contributed by atoms with van der Waals surface area (Å²) in [6.45, 7) is 13.2. The summed E-state index contributed by atoms with van der Waals surface area (Å²) >= 11 is 0. The van der Waals surface area contributed by atoms with E-state index in [1.165, 1.54) is 52.0 Å². The van der Waals surface area contributed by atoms with Crippen LogP contribution in [0.25, 0.3) is 0 Å². The van der Waals surface area contributed by atoms with Gasteiger partial charge < -0.3 is 4.90 Å². The molecule has 0 spiro atoms. The molecule has 0 aliphatic carbocycles. The lowest BCUT2D eigenvalue weighted by Gasteiger charge is -2.37. The summed E-state index contributed by atoms with van der Waals surface area (Å²) in [5, 5.41) is 0. The van der Waals surface area contributed by atoms with Crippen molar-refractivity contribution in [2.75, 3.05) is 32.7 Å². The van der Waals surface area contributed by atoms with Crippen molar-refractivity contribution in [3.05, 3.63) is 0 Å². The number of hydrogen-bond acceptors (Lipinski definition) is 2. The molecular weight excluding hydrogens is 172 g/mol. The van der Waals surface area contributed by atoms with Crippen molar-refractivity contribution in [3.63, 3.8) is 0 Å². The third-order valence-electron chi connectivity index (χ3n) is 3.45. The van der Waals surface area contributed by atoms with Crippen LogP contribution in [0, 0.1) is 0 Å². The molecule has 1 atom stereocenters. The maximum Gasteiger partial charge on any atom is 0.0113 e. The van der Waals surface area contributed by atoms with E-state index >= 15 is 0 Å². The van der Waals surface area contributed by atoms with Crippen LogP contribution in [0.4, 0.5) is 0 Å². The van der Waals surface area contributed by atoms with E-state index in [0.717, 1.165) is 6.04 Å². The molecule has 14 heavy (non-hydrogen) atoms. The van der Waals surface area contributed by atoms with Gasteiger partial charge in [0, 0.05) is 32.2 Å². The molecule has 0 radical (unpaired) electrons. The van der Waals surface area contributed by atoms with Crippen LogP contribution in [0.1, 0.15) is 40.0 Å². The first-order valence-corrected chi connectivity index (χ1v) is 6.24. The maximum atomic E-state index is 2.65. The highest BCUT2D eigenvalue weighted by Gasteiger charge is 2.19. The quantitative estimate of drug-likeness (QED) is 0.668. The highest BCUT2D eigenvalue weighted by atomic mass is 15.3. The van der Waals surface area contributed by atoms with E-state index in [-0.39, 0.29) is 0 Å². The van der Waals surface area contributed by atoms with E-state index in [1.54, 1.807) is 0 Å². The van der Waals surface area contributed by atoms with Crippen LogP contribution in [0.15, 0.2) is 0 Å². The predicted octanol–water partition coefficient (Wildman–Crippen LogP) is 2.20. The molecule has 84 valence electrons. The molecular formula is C12H26N2. The first-order valence-electron chi connectivity index (χ1n) is 6.24. The maximum absolute atomic E-state index is 2.65. The van der Waals surface area contributed by atoms with Crippen molar-refractivity contribution in [1.29, 1.82) is 0 Å². The summed E-state index contributed by atoms with van der Waals surface area (Å²) in [6.07, 6.45) is 4.09. The molecule has 1 saturated heterocycles. The van der Waals surface area contributed by atoms with Crippen molar-refractivity contribution >= 4 is 0 Å². The third kappa shape index (κ3) is 3.58. The van der Waals surface area contributed by atoms with E-state index < -0.39 is 0 Å². The topological polar surface area (TPSA) is 6.48 Å². The second kappa shape index (κ2) is 6.41. The number of rotatable bonds is 5. The Bertz CT molecular complexity index is 139. The Morgan fingerprint density at radius 2 is 1.71 bits per heavy atom. The molecule has 0 aromatic carbocycles. The zero-order valence-electron chi connectivity index (χ0n) is 10.1. The van der Waals surface area contributed by atoms with Crippen molar-refractivity contribution in [2.45, 2.75) is 46.1 Å². The summed E-state index contributed by atoms with van der Waals surface area (Å²) in [7, 11) is 0. The van der Waals surface area contributed by atoms with Crippen LogP contribution in [-0.4, -0.2) is 48.6 Å². The lowest BCUT2D eigenvalue weighted by Crippen LogP contribution is -2.49. The number of hydrogen-bond donors (Lipinski definition) is 0. The van der Waals surface area contributed by atoms with Gasteiger partial charge in [0.05, 0.1) is 0 Å². The smallest absolute Gasteiger partial charge is 0.0113 e. The van der Waals surface area contributed by atoms with Crippen LogP contribution < -0.4 is 0 Å². The summed E-state index contributed by atoms with van der Waals surface area (Å²) in [6, 6.07) is 0.800. The number of piperazine rings is 1. The Hall–Kier alpha value is -0.0800. The average Bonchev–Trinajstić information content (AvgIpc) is 2.26. The van der Waals surface area contributed by atoms with Gasteiger partial charge in [-0.05, 0) is 19.9 Å². The number of unbranched alkanes of at least 4 members (excludes halogenated alkanes) is 1. The molecule has 0 amide bonds. The molecule has 0 bridgehead atoms. The van der Waals surface area contributed by atoms with Gasteiger partial charge in [0.1, 0.15) is 0 Å². The average molecular weight is 198 g/mol. The molecule has 1 unspecified atom stereocenters. The molecule has 0 saturated carbocycles.